The van der Waals surface area contributed by atoms with Crippen LogP contribution < -0.4 is 21.9 Å². The van der Waals surface area contributed by atoms with Gasteiger partial charge in [0.05, 0.1) is 0 Å². The van der Waals surface area contributed by atoms with Crippen LogP contribution in [0.5, 0.6) is 0 Å². The summed E-state index contributed by atoms with van der Waals surface area (Å²) in [4.78, 5) is 2.21. The highest BCUT2D eigenvalue weighted by Crippen LogP contribution is 2.14. The van der Waals surface area contributed by atoms with Gasteiger partial charge in [0.2, 0.25) is 5.69 Å². The van der Waals surface area contributed by atoms with Gasteiger partial charge in [-0.25, -0.2) is 4.57 Å². The molecule has 2 nitrogen and oxygen atoms in total. The van der Waals surface area contributed by atoms with Crippen molar-refractivity contribution in [3.8, 4) is 0 Å². The number of unbranched alkanes of at least 4 members (excludes halogenated alkanes) is 3. The zero-order chi connectivity index (χ0) is 12.7. The molecule has 0 fully saturated rings. The van der Waals surface area contributed by atoms with E-state index >= 15 is 0 Å². The molecule has 0 aliphatic carbocycles. The van der Waals surface area contributed by atoms with Gasteiger partial charge in [-0.1, -0.05) is 26.7 Å². The Morgan fingerprint density at radius 3 is 2.39 bits per heavy atom. The van der Waals surface area contributed by atoms with Crippen molar-refractivity contribution in [2.24, 2.45) is 0 Å². The standard InChI is InChI=1S/C15H27N2.ClH/c1-5-7-8-9-12-17-13-10-11-15(16(3)4)14(17)6-2;/h10-11,13H,5-9,12H2,1-4H3;1H/q+1;/p-1. The minimum absolute atomic E-state index is 0. The Kier molecular flexibility index (Phi) is 8.82. The molecule has 0 bridgehead atoms. The predicted octanol–water partition coefficient (Wildman–Crippen LogP) is 0.187. The summed E-state index contributed by atoms with van der Waals surface area (Å²) < 4.78 is 2.42. The van der Waals surface area contributed by atoms with E-state index < -0.39 is 0 Å². The van der Waals surface area contributed by atoms with Crippen LogP contribution >= 0.6 is 0 Å². The summed E-state index contributed by atoms with van der Waals surface area (Å²) in [7, 11) is 4.24. The van der Waals surface area contributed by atoms with E-state index in [2.05, 4.69) is 55.7 Å². The van der Waals surface area contributed by atoms with E-state index in [9.17, 15) is 0 Å². The number of halogens is 1. The van der Waals surface area contributed by atoms with Gasteiger partial charge in [0.1, 0.15) is 12.2 Å². The Bertz CT molecular complexity index is 337. The summed E-state index contributed by atoms with van der Waals surface area (Å²) in [5.74, 6) is 0. The lowest BCUT2D eigenvalue weighted by atomic mass is 10.2. The number of hydrogen-bond donors (Lipinski definition) is 0. The molecule has 0 amide bonds. The quantitative estimate of drug-likeness (QED) is 0.507. The first kappa shape index (κ1) is 17.2. The SMILES string of the molecule is CCCCCC[n+]1cccc(N(C)C)c1CC.[Cl-]. The lowest BCUT2D eigenvalue weighted by Crippen LogP contribution is -3.00. The van der Waals surface area contributed by atoms with Crippen molar-refractivity contribution >= 4 is 5.69 Å². The van der Waals surface area contributed by atoms with Crippen LogP contribution in [0.2, 0.25) is 0 Å². The highest BCUT2D eigenvalue weighted by atomic mass is 35.5. The average molecular weight is 271 g/mol. The zero-order valence-electron chi connectivity index (χ0n) is 12.2. The number of hydrogen-bond acceptors (Lipinski definition) is 1. The van der Waals surface area contributed by atoms with Crippen LogP contribution in [0.1, 0.15) is 45.2 Å². The molecule has 0 saturated heterocycles. The minimum atomic E-state index is 0. The molecule has 0 atom stereocenters. The van der Waals surface area contributed by atoms with Gasteiger partial charge in [0.25, 0.3) is 0 Å². The first-order valence-electron chi connectivity index (χ1n) is 6.89. The molecular formula is C15H27ClN2. The second-order valence-corrected chi connectivity index (χ2v) is 4.84. The third-order valence-electron chi connectivity index (χ3n) is 3.23. The number of nitrogens with zero attached hydrogens (tertiary/aromatic N) is 2. The van der Waals surface area contributed by atoms with Crippen LogP contribution in [0.15, 0.2) is 18.3 Å². The molecule has 1 aromatic heterocycles. The highest BCUT2D eigenvalue weighted by Gasteiger charge is 2.14. The molecule has 3 heteroatoms. The third-order valence-corrected chi connectivity index (χ3v) is 3.23. The van der Waals surface area contributed by atoms with E-state index in [4.69, 9.17) is 0 Å². The average Bonchev–Trinajstić information content (AvgIpc) is 2.34. The third kappa shape index (κ3) is 4.85. The fourth-order valence-electron chi connectivity index (χ4n) is 2.28. The van der Waals surface area contributed by atoms with E-state index in [1.807, 2.05) is 0 Å². The van der Waals surface area contributed by atoms with Gasteiger partial charge in [-0.15, -0.1) is 0 Å². The van der Waals surface area contributed by atoms with Crippen molar-refractivity contribution in [2.75, 3.05) is 19.0 Å². The van der Waals surface area contributed by atoms with Crippen LogP contribution in [-0.2, 0) is 13.0 Å². The second-order valence-electron chi connectivity index (χ2n) is 4.84. The monoisotopic (exact) mass is 270 g/mol. The van der Waals surface area contributed by atoms with Gasteiger partial charge in [0, 0.05) is 33.0 Å². The molecule has 0 saturated carbocycles. The molecule has 0 N–H and O–H groups in total. The first-order valence-corrected chi connectivity index (χ1v) is 6.89. The van der Waals surface area contributed by atoms with Crippen molar-refractivity contribution in [1.82, 2.24) is 0 Å². The lowest BCUT2D eigenvalue weighted by molar-refractivity contribution is -0.703. The highest BCUT2D eigenvalue weighted by molar-refractivity contribution is 5.46. The molecule has 18 heavy (non-hydrogen) atoms. The van der Waals surface area contributed by atoms with Crippen molar-refractivity contribution in [3.05, 3.63) is 24.0 Å². The Labute approximate surface area is 118 Å². The van der Waals surface area contributed by atoms with E-state index in [1.165, 1.54) is 37.1 Å². The summed E-state index contributed by atoms with van der Waals surface area (Å²) in [5, 5.41) is 0. The largest absolute Gasteiger partial charge is 1.00 e. The van der Waals surface area contributed by atoms with Crippen molar-refractivity contribution in [1.29, 1.82) is 0 Å². The minimum Gasteiger partial charge on any atom is -1.00 e. The van der Waals surface area contributed by atoms with Gasteiger partial charge in [0.15, 0.2) is 6.20 Å². The molecule has 1 aromatic rings. The van der Waals surface area contributed by atoms with E-state index in [1.54, 1.807) is 0 Å². The first-order chi connectivity index (χ1) is 8.20. The van der Waals surface area contributed by atoms with Crippen molar-refractivity contribution < 1.29 is 17.0 Å². The Morgan fingerprint density at radius 1 is 1.11 bits per heavy atom. The van der Waals surface area contributed by atoms with Gasteiger partial charge in [-0.2, -0.15) is 0 Å². The molecule has 0 radical (unpaired) electrons. The summed E-state index contributed by atoms with van der Waals surface area (Å²) >= 11 is 0. The molecule has 0 aliphatic heterocycles. The molecule has 0 unspecified atom stereocenters. The maximum Gasteiger partial charge on any atom is 0.204 e. The van der Waals surface area contributed by atoms with Crippen LogP contribution in [0.25, 0.3) is 0 Å². The Hall–Kier alpha value is -0.760. The van der Waals surface area contributed by atoms with Gasteiger partial charge in [-0.05, 0) is 12.5 Å². The summed E-state index contributed by atoms with van der Waals surface area (Å²) in [6.07, 6.45) is 8.62. The summed E-state index contributed by atoms with van der Waals surface area (Å²) in [6.45, 7) is 5.66. The van der Waals surface area contributed by atoms with Crippen molar-refractivity contribution in [2.45, 2.75) is 52.5 Å². The Balaban J connectivity index is 0.00000289. The number of rotatable bonds is 7. The molecule has 104 valence electrons. The molecule has 1 heterocycles. The van der Waals surface area contributed by atoms with E-state index in [0.717, 1.165) is 13.0 Å². The second kappa shape index (κ2) is 9.21. The number of pyridine rings is 1. The summed E-state index contributed by atoms with van der Waals surface area (Å²) in [6, 6.07) is 4.37. The molecule has 0 aliphatic rings. The fraction of sp³-hybridized carbons (Fsp3) is 0.667. The van der Waals surface area contributed by atoms with Crippen LogP contribution in [-0.4, -0.2) is 14.1 Å². The van der Waals surface area contributed by atoms with E-state index in [-0.39, 0.29) is 12.4 Å². The van der Waals surface area contributed by atoms with Crippen LogP contribution in [0.3, 0.4) is 0 Å². The summed E-state index contributed by atoms with van der Waals surface area (Å²) in [5.41, 5.74) is 2.81. The Morgan fingerprint density at radius 2 is 1.83 bits per heavy atom. The maximum atomic E-state index is 2.42. The van der Waals surface area contributed by atoms with Crippen LogP contribution in [0, 0.1) is 0 Å². The lowest BCUT2D eigenvalue weighted by Gasteiger charge is -2.15. The normalized spacial score (nSPS) is 10.0. The number of aryl methyl sites for hydroxylation is 1. The maximum absolute atomic E-state index is 2.42. The topological polar surface area (TPSA) is 7.12 Å². The fourth-order valence-corrected chi connectivity index (χ4v) is 2.28. The van der Waals surface area contributed by atoms with Crippen molar-refractivity contribution in [3.63, 3.8) is 0 Å². The van der Waals surface area contributed by atoms with Crippen LogP contribution in [0.4, 0.5) is 5.69 Å². The van der Waals surface area contributed by atoms with Gasteiger partial charge >= 0.3 is 0 Å². The zero-order valence-corrected chi connectivity index (χ0v) is 13.0. The smallest absolute Gasteiger partial charge is 0.204 e. The van der Waals surface area contributed by atoms with Gasteiger partial charge < -0.3 is 17.3 Å². The molecular weight excluding hydrogens is 244 g/mol. The molecule has 0 spiro atoms. The van der Waals surface area contributed by atoms with Gasteiger partial charge in [-0.3, -0.25) is 0 Å². The van der Waals surface area contributed by atoms with E-state index in [0.29, 0.717) is 0 Å². The molecule has 1 rings (SSSR count). The predicted molar refractivity (Wildman–Crippen MR) is 74.5 cm³/mol. The number of anilines is 1. The number of aromatic nitrogens is 1. The molecule has 0 aromatic carbocycles.